The maximum absolute atomic E-state index is 11.8. The number of aryl methyl sites for hydroxylation is 2. The molecule has 0 amide bonds. The molecule has 0 saturated heterocycles. The number of carbonyl (C=O) groups is 1. The lowest BCUT2D eigenvalue weighted by atomic mass is 10.0. The van der Waals surface area contributed by atoms with Gasteiger partial charge in [0.2, 0.25) is 0 Å². The van der Waals surface area contributed by atoms with Gasteiger partial charge in [-0.25, -0.2) is 4.79 Å². The fourth-order valence-corrected chi connectivity index (χ4v) is 2.98. The first-order valence-electron chi connectivity index (χ1n) is 8.01. The summed E-state index contributed by atoms with van der Waals surface area (Å²) in [5, 5.41) is 10.7. The molecule has 0 aliphatic carbocycles. The highest BCUT2D eigenvalue weighted by Gasteiger charge is 2.20. The molecule has 2 aromatic carbocycles. The van der Waals surface area contributed by atoms with Gasteiger partial charge in [0.1, 0.15) is 11.8 Å². The Morgan fingerprint density at radius 1 is 1.17 bits per heavy atom. The van der Waals surface area contributed by atoms with Crippen molar-refractivity contribution in [2.75, 3.05) is 7.11 Å². The second-order valence-electron chi connectivity index (χ2n) is 6.03. The maximum Gasteiger partial charge on any atom is 0.326 e. The zero-order valence-corrected chi connectivity index (χ0v) is 13.9. The summed E-state index contributed by atoms with van der Waals surface area (Å²) < 4.78 is 7.07. The van der Waals surface area contributed by atoms with E-state index >= 15 is 0 Å². The Morgan fingerprint density at radius 2 is 1.92 bits per heavy atom. The number of benzene rings is 2. The molecule has 24 heavy (non-hydrogen) atoms. The van der Waals surface area contributed by atoms with E-state index in [0.717, 1.165) is 28.6 Å². The Balaban J connectivity index is 1.85. The van der Waals surface area contributed by atoms with E-state index in [2.05, 4.69) is 24.3 Å². The topological polar surface area (TPSA) is 51.5 Å². The molecule has 1 N–H and O–H groups in total. The van der Waals surface area contributed by atoms with Crippen LogP contribution in [0.4, 0.5) is 0 Å². The molecule has 3 aromatic rings. The van der Waals surface area contributed by atoms with Gasteiger partial charge in [-0.3, -0.25) is 0 Å². The van der Waals surface area contributed by atoms with Crippen molar-refractivity contribution < 1.29 is 14.6 Å². The summed E-state index contributed by atoms with van der Waals surface area (Å²) in [4.78, 5) is 11.8. The van der Waals surface area contributed by atoms with Gasteiger partial charge in [0.25, 0.3) is 0 Å². The van der Waals surface area contributed by atoms with Gasteiger partial charge in [-0.2, -0.15) is 0 Å². The molecule has 0 saturated carbocycles. The van der Waals surface area contributed by atoms with Gasteiger partial charge in [0.05, 0.1) is 7.11 Å². The van der Waals surface area contributed by atoms with E-state index in [1.165, 1.54) is 5.56 Å². The largest absolute Gasteiger partial charge is 0.497 e. The molecule has 1 heterocycles. The van der Waals surface area contributed by atoms with E-state index in [-0.39, 0.29) is 0 Å². The average Bonchev–Trinajstić information content (AvgIpc) is 2.99. The summed E-state index contributed by atoms with van der Waals surface area (Å²) in [6.07, 6.45) is 3.12. The van der Waals surface area contributed by atoms with Crippen molar-refractivity contribution in [1.82, 2.24) is 4.57 Å². The third-order valence-electron chi connectivity index (χ3n) is 4.38. The number of ether oxygens (including phenoxy) is 1. The molecule has 0 aliphatic heterocycles. The average molecular weight is 323 g/mol. The summed E-state index contributed by atoms with van der Waals surface area (Å²) >= 11 is 0. The van der Waals surface area contributed by atoms with Gasteiger partial charge < -0.3 is 14.4 Å². The second kappa shape index (κ2) is 6.79. The van der Waals surface area contributed by atoms with Crippen LogP contribution in [0.5, 0.6) is 5.75 Å². The zero-order valence-electron chi connectivity index (χ0n) is 13.9. The number of aromatic nitrogens is 1. The van der Waals surface area contributed by atoms with Crippen LogP contribution >= 0.6 is 0 Å². The van der Waals surface area contributed by atoms with E-state index in [1.807, 2.05) is 42.0 Å². The van der Waals surface area contributed by atoms with E-state index < -0.39 is 12.0 Å². The van der Waals surface area contributed by atoms with Crippen LogP contribution in [0.25, 0.3) is 10.9 Å². The Hall–Kier alpha value is -2.75. The monoisotopic (exact) mass is 323 g/mol. The number of carboxylic acid groups (broad SMARTS) is 1. The van der Waals surface area contributed by atoms with Crippen molar-refractivity contribution in [3.05, 3.63) is 65.9 Å². The van der Waals surface area contributed by atoms with Crippen LogP contribution in [0.3, 0.4) is 0 Å². The van der Waals surface area contributed by atoms with Crippen molar-refractivity contribution >= 4 is 16.9 Å². The molecule has 3 rings (SSSR count). The lowest BCUT2D eigenvalue weighted by molar-refractivity contribution is -0.141. The van der Waals surface area contributed by atoms with Crippen molar-refractivity contribution in [3.8, 4) is 5.75 Å². The van der Waals surface area contributed by atoms with Gasteiger partial charge in [-0.05, 0) is 49.6 Å². The molecule has 4 heteroatoms. The first-order chi connectivity index (χ1) is 11.6. The number of hydrogen-bond acceptors (Lipinski definition) is 2. The minimum absolute atomic E-state index is 0.550. The normalized spacial score (nSPS) is 12.2. The smallest absolute Gasteiger partial charge is 0.326 e. The molecule has 124 valence electrons. The molecule has 1 atom stereocenters. The quantitative estimate of drug-likeness (QED) is 0.739. The van der Waals surface area contributed by atoms with Gasteiger partial charge in [0.15, 0.2) is 0 Å². The molecule has 4 nitrogen and oxygen atoms in total. The molecule has 0 fully saturated rings. The summed E-state index contributed by atoms with van der Waals surface area (Å²) in [6.45, 7) is 2.05. The number of fused-ring (bicyclic) bond motifs is 1. The third-order valence-corrected chi connectivity index (χ3v) is 4.38. The Labute approximate surface area is 141 Å². The number of nitrogens with zero attached hydrogens (tertiary/aromatic N) is 1. The van der Waals surface area contributed by atoms with Crippen LogP contribution < -0.4 is 4.74 Å². The molecule has 1 unspecified atom stereocenters. The van der Waals surface area contributed by atoms with Crippen LogP contribution in [0.15, 0.2) is 54.7 Å². The van der Waals surface area contributed by atoms with Gasteiger partial charge in [0, 0.05) is 17.1 Å². The minimum Gasteiger partial charge on any atom is -0.497 e. The highest BCUT2D eigenvalue weighted by Crippen LogP contribution is 2.27. The Morgan fingerprint density at radius 3 is 2.58 bits per heavy atom. The van der Waals surface area contributed by atoms with Crippen molar-refractivity contribution in [3.63, 3.8) is 0 Å². The molecule has 0 radical (unpaired) electrons. The summed E-state index contributed by atoms with van der Waals surface area (Å²) in [6, 6.07) is 15.3. The molecule has 0 aliphatic rings. The first-order valence-corrected chi connectivity index (χ1v) is 8.01. The second-order valence-corrected chi connectivity index (χ2v) is 6.03. The van der Waals surface area contributed by atoms with E-state index in [0.29, 0.717) is 6.42 Å². The number of methoxy groups -OCH3 is 1. The Bertz CT molecular complexity index is 849. The predicted octanol–water partition coefficient (Wildman–Crippen LogP) is 4.22. The van der Waals surface area contributed by atoms with Gasteiger partial charge in [-0.1, -0.05) is 29.8 Å². The Kier molecular flexibility index (Phi) is 4.56. The number of carboxylic acids is 1. The predicted molar refractivity (Wildman–Crippen MR) is 94.7 cm³/mol. The van der Waals surface area contributed by atoms with Crippen LogP contribution in [-0.4, -0.2) is 22.8 Å². The molecule has 0 spiro atoms. The maximum atomic E-state index is 11.8. The fourth-order valence-electron chi connectivity index (χ4n) is 2.98. The van der Waals surface area contributed by atoms with E-state index in [4.69, 9.17) is 4.74 Å². The molecular formula is C20H21NO3. The fraction of sp³-hybridized carbons (Fsp3) is 0.250. The first kappa shape index (κ1) is 16.1. The van der Waals surface area contributed by atoms with Crippen molar-refractivity contribution in [2.45, 2.75) is 25.8 Å². The van der Waals surface area contributed by atoms with Gasteiger partial charge >= 0.3 is 5.97 Å². The van der Waals surface area contributed by atoms with Crippen LogP contribution in [0, 0.1) is 6.92 Å². The molecule has 1 aromatic heterocycles. The highest BCUT2D eigenvalue weighted by atomic mass is 16.5. The van der Waals surface area contributed by atoms with Crippen LogP contribution in [0.1, 0.15) is 23.6 Å². The number of aliphatic carboxylic acids is 1. The molecule has 0 bridgehead atoms. The summed E-state index contributed by atoms with van der Waals surface area (Å²) in [5.74, 6) is -0.0396. The standard InChI is InChI=1S/C20H21NO3/c1-14-3-5-15(6-4-14)7-9-19(20(22)23)21-12-11-16-13-17(24-2)8-10-18(16)21/h3-6,8,10-13,19H,7,9H2,1-2H3,(H,22,23). The lowest BCUT2D eigenvalue weighted by Gasteiger charge is -2.16. The van der Waals surface area contributed by atoms with Crippen molar-refractivity contribution in [2.24, 2.45) is 0 Å². The lowest BCUT2D eigenvalue weighted by Crippen LogP contribution is -2.19. The van der Waals surface area contributed by atoms with Crippen molar-refractivity contribution in [1.29, 1.82) is 0 Å². The minimum atomic E-state index is -0.810. The zero-order chi connectivity index (χ0) is 17.1. The van der Waals surface area contributed by atoms with Gasteiger partial charge in [-0.15, -0.1) is 0 Å². The number of hydrogen-bond donors (Lipinski definition) is 1. The molecular weight excluding hydrogens is 302 g/mol. The third kappa shape index (κ3) is 3.27. The van der Waals surface area contributed by atoms with Crippen LogP contribution in [-0.2, 0) is 11.2 Å². The number of rotatable bonds is 6. The summed E-state index contributed by atoms with van der Waals surface area (Å²) in [7, 11) is 1.62. The van der Waals surface area contributed by atoms with E-state index in [9.17, 15) is 9.90 Å². The van der Waals surface area contributed by atoms with Crippen LogP contribution in [0.2, 0.25) is 0 Å². The van der Waals surface area contributed by atoms with E-state index in [1.54, 1.807) is 7.11 Å². The summed E-state index contributed by atoms with van der Waals surface area (Å²) in [5.41, 5.74) is 3.27. The highest BCUT2D eigenvalue weighted by molar-refractivity contribution is 5.84. The SMILES string of the molecule is COc1ccc2c(ccn2C(CCc2ccc(C)cc2)C(=O)O)c1.